The van der Waals surface area contributed by atoms with Crippen molar-refractivity contribution in [2.24, 2.45) is 7.05 Å². The highest BCUT2D eigenvalue weighted by molar-refractivity contribution is 14.1. The zero-order valence-electron chi connectivity index (χ0n) is 27.0. The van der Waals surface area contributed by atoms with Gasteiger partial charge in [-0.2, -0.15) is 28.2 Å². The SMILES string of the molecule is Cc1nc2n[nH]c(I)c2c(-c2nccc3c4c(N5CCOC[C@@](C)(O)C5)nc(OC[C@@]56CCCN5C[C@H](F)C6)nc4n(C)c23)c1C(F)(F)F. The van der Waals surface area contributed by atoms with Crippen molar-refractivity contribution in [2.75, 3.05) is 50.9 Å². The Morgan fingerprint density at radius 1 is 1.20 bits per heavy atom. The van der Waals surface area contributed by atoms with Gasteiger partial charge in [-0.15, -0.1) is 0 Å². The van der Waals surface area contributed by atoms with E-state index in [1.54, 1.807) is 24.6 Å². The zero-order valence-corrected chi connectivity index (χ0v) is 29.2. The molecule has 0 saturated carbocycles. The molecule has 0 aliphatic carbocycles. The Bertz CT molecular complexity index is 2120. The van der Waals surface area contributed by atoms with Crippen LogP contribution in [0.3, 0.4) is 0 Å². The number of β-amino-alcohol motifs (C(OH)–C–C–N with tert-alkyl or cyclic N) is 1. The average Bonchev–Trinajstić information content (AvgIpc) is 3.72. The molecule has 3 fully saturated rings. The topological polar surface area (TPSA) is 130 Å². The predicted molar refractivity (Wildman–Crippen MR) is 181 cm³/mol. The Morgan fingerprint density at radius 3 is 2.82 bits per heavy atom. The third-order valence-electron chi connectivity index (χ3n) is 10.0. The lowest BCUT2D eigenvalue weighted by Gasteiger charge is -2.31. The summed E-state index contributed by atoms with van der Waals surface area (Å²) in [7, 11) is 1.72. The standard InChI is InChI=1S/C32H34F4IN9O3/c1-16-22(32(34,35)36)20(21-25(37)42-43-26(21)39-16)23-24-18(5-7-38-23)19-27(44(24)3)40-29(41-28(19)45-9-10-48-14-30(2,47)13-45)49-15-31-6-4-8-46(31)12-17(33)11-31/h5,7,17,47H,4,6,8-15H2,1-3H3,(H,39,42,43)/t17-,30+,31+/m1/s1. The lowest BCUT2D eigenvalue weighted by atomic mass is 9.95. The van der Waals surface area contributed by atoms with Gasteiger partial charge < -0.3 is 24.0 Å². The number of pyridine rings is 2. The first-order chi connectivity index (χ1) is 23.3. The number of aromatic nitrogens is 7. The van der Waals surface area contributed by atoms with Crippen LogP contribution in [0.5, 0.6) is 6.01 Å². The molecule has 8 rings (SSSR count). The van der Waals surface area contributed by atoms with Gasteiger partial charge in [0.2, 0.25) is 0 Å². The molecule has 2 N–H and O–H groups in total. The monoisotopic (exact) mass is 795 g/mol. The maximum Gasteiger partial charge on any atom is 0.418 e. The van der Waals surface area contributed by atoms with Crippen LogP contribution in [0.25, 0.3) is 44.2 Å². The maximum atomic E-state index is 14.9. The van der Waals surface area contributed by atoms with E-state index in [1.807, 2.05) is 27.5 Å². The molecule has 3 aliphatic rings. The summed E-state index contributed by atoms with van der Waals surface area (Å²) in [4.78, 5) is 22.5. The molecule has 12 nitrogen and oxygen atoms in total. The highest BCUT2D eigenvalue weighted by Crippen LogP contribution is 2.47. The van der Waals surface area contributed by atoms with Crippen molar-refractivity contribution in [1.82, 2.24) is 39.6 Å². The Kier molecular flexibility index (Phi) is 7.73. The van der Waals surface area contributed by atoms with Gasteiger partial charge in [0, 0.05) is 43.7 Å². The highest BCUT2D eigenvalue weighted by Gasteiger charge is 2.49. The third kappa shape index (κ3) is 5.38. The zero-order chi connectivity index (χ0) is 34.5. The van der Waals surface area contributed by atoms with Crippen molar-refractivity contribution in [3.8, 4) is 17.3 Å². The largest absolute Gasteiger partial charge is 0.461 e. The number of aryl methyl sites for hydroxylation is 2. The van der Waals surface area contributed by atoms with E-state index in [2.05, 4.69) is 25.1 Å². The third-order valence-corrected chi connectivity index (χ3v) is 10.8. The highest BCUT2D eigenvalue weighted by atomic mass is 127. The summed E-state index contributed by atoms with van der Waals surface area (Å²) in [6, 6.07) is 1.79. The maximum absolute atomic E-state index is 14.9. The molecule has 17 heteroatoms. The first kappa shape index (κ1) is 32.8. The lowest BCUT2D eigenvalue weighted by Crippen LogP contribution is -2.44. The second-order valence-electron chi connectivity index (χ2n) is 13.7. The minimum atomic E-state index is -4.74. The predicted octanol–water partition coefficient (Wildman–Crippen LogP) is 4.93. The van der Waals surface area contributed by atoms with Crippen LogP contribution in [0.15, 0.2) is 12.3 Å². The van der Waals surface area contributed by atoms with Gasteiger partial charge in [0.25, 0.3) is 0 Å². The van der Waals surface area contributed by atoms with Gasteiger partial charge in [-0.1, -0.05) is 0 Å². The molecule has 0 bridgehead atoms. The molecule has 3 aliphatic heterocycles. The van der Waals surface area contributed by atoms with Crippen molar-refractivity contribution in [3.63, 3.8) is 0 Å². The molecule has 0 spiro atoms. The fourth-order valence-corrected chi connectivity index (χ4v) is 8.66. The molecule has 0 aromatic carbocycles. The van der Waals surface area contributed by atoms with Gasteiger partial charge in [-0.25, -0.2) is 9.37 Å². The van der Waals surface area contributed by atoms with Gasteiger partial charge >= 0.3 is 12.2 Å². The minimum Gasteiger partial charge on any atom is -0.461 e. The summed E-state index contributed by atoms with van der Waals surface area (Å²) in [5.41, 5.74) is -1.89. The number of aromatic amines is 1. The van der Waals surface area contributed by atoms with Crippen molar-refractivity contribution < 1.29 is 32.1 Å². The van der Waals surface area contributed by atoms with Crippen LogP contribution in [0.4, 0.5) is 23.4 Å². The second-order valence-corrected chi connectivity index (χ2v) is 14.7. The fraction of sp³-hybridized carbons (Fsp3) is 0.531. The Balaban J connectivity index is 1.37. The van der Waals surface area contributed by atoms with Crippen molar-refractivity contribution >= 4 is 61.4 Å². The molecule has 5 aromatic rings. The first-order valence-corrected chi connectivity index (χ1v) is 17.2. The molecular formula is C32H34F4IN9O3. The fourth-order valence-electron chi connectivity index (χ4n) is 8.03. The molecule has 0 unspecified atom stereocenters. The summed E-state index contributed by atoms with van der Waals surface area (Å²) < 4.78 is 73.2. The number of halogens is 5. The van der Waals surface area contributed by atoms with E-state index in [1.165, 1.54) is 13.1 Å². The van der Waals surface area contributed by atoms with Gasteiger partial charge in [-0.05, 0) is 61.9 Å². The second kappa shape index (κ2) is 11.6. The number of hydrogen-bond acceptors (Lipinski definition) is 10. The smallest absolute Gasteiger partial charge is 0.418 e. The van der Waals surface area contributed by atoms with Crippen LogP contribution in [-0.2, 0) is 18.0 Å². The molecule has 260 valence electrons. The van der Waals surface area contributed by atoms with E-state index in [0.29, 0.717) is 57.6 Å². The van der Waals surface area contributed by atoms with Crippen LogP contribution in [0.2, 0.25) is 0 Å². The van der Waals surface area contributed by atoms with Gasteiger partial charge in [0.1, 0.15) is 33.5 Å². The Hall–Kier alpha value is -3.42. The van der Waals surface area contributed by atoms with E-state index >= 15 is 0 Å². The number of nitrogens with one attached hydrogen (secondary N) is 1. The van der Waals surface area contributed by atoms with Crippen LogP contribution < -0.4 is 9.64 Å². The number of alkyl halides is 4. The summed E-state index contributed by atoms with van der Waals surface area (Å²) in [6.45, 7) is 5.34. The van der Waals surface area contributed by atoms with Crippen LogP contribution in [0.1, 0.15) is 37.4 Å². The Morgan fingerprint density at radius 2 is 2.02 bits per heavy atom. The van der Waals surface area contributed by atoms with Crippen molar-refractivity contribution in [2.45, 2.75) is 56.6 Å². The summed E-state index contributed by atoms with van der Waals surface area (Å²) in [5.74, 6) is 0.439. The lowest BCUT2D eigenvalue weighted by molar-refractivity contribution is -0.137. The number of H-pyrrole nitrogens is 1. The Labute approximate surface area is 291 Å². The summed E-state index contributed by atoms with van der Waals surface area (Å²) in [5, 5.41) is 19.4. The van der Waals surface area contributed by atoms with Gasteiger partial charge in [0.15, 0.2) is 5.65 Å². The van der Waals surface area contributed by atoms with Gasteiger partial charge in [-0.3, -0.25) is 15.0 Å². The van der Waals surface area contributed by atoms with E-state index < -0.39 is 29.1 Å². The summed E-state index contributed by atoms with van der Waals surface area (Å²) in [6.07, 6.45) is -2.10. The van der Waals surface area contributed by atoms with E-state index in [-0.39, 0.29) is 53.8 Å². The number of aliphatic hydroxyl groups is 1. The van der Waals surface area contributed by atoms with Crippen LogP contribution >= 0.6 is 22.6 Å². The number of hydrogen-bond donors (Lipinski definition) is 2. The average molecular weight is 796 g/mol. The number of nitrogens with zero attached hydrogens (tertiary/aromatic N) is 8. The molecule has 49 heavy (non-hydrogen) atoms. The molecule has 3 saturated heterocycles. The molecule has 8 heterocycles. The number of rotatable bonds is 5. The van der Waals surface area contributed by atoms with E-state index in [0.717, 1.165) is 19.4 Å². The van der Waals surface area contributed by atoms with Gasteiger partial charge in [0.05, 0.1) is 58.5 Å². The molecule has 3 atom stereocenters. The normalized spacial score (nSPS) is 25.2. The number of fused-ring (bicyclic) bond motifs is 5. The summed E-state index contributed by atoms with van der Waals surface area (Å²) >= 11 is 1.92. The quantitative estimate of drug-likeness (QED) is 0.187. The first-order valence-electron chi connectivity index (χ1n) is 16.1. The van der Waals surface area contributed by atoms with Crippen LogP contribution in [-0.4, -0.2) is 108 Å². The van der Waals surface area contributed by atoms with Crippen molar-refractivity contribution in [1.29, 1.82) is 0 Å². The molecule has 5 aromatic heterocycles. The molecular weight excluding hydrogens is 761 g/mol. The van der Waals surface area contributed by atoms with E-state index in [9.17, 15) is 22.7 Å². The minimum absolute atomic E-state index is 0.0544. The van der Waals surface area contributed by atoms with Crippen LogP contribution in [0, 0.1) is 10.6 Å². The van der Waals surface area contributed by atoms with E-state index in [4.69, 9.17) is 19.4 Å². The molecule has 0 amide bonds. The molecule has 0 radical (unpaired) electrons. The number of anilines is 1. The van der Waals surface area contributed by atoms with Crippen molar-refractivity contribution in [3.05, 3.63) is 27.2 Å². The number of ether oxygens (including phenoxy) is 2.